The molecule has 8 heteroatoms. The van der Waals surface area contributed by atoms with Gasteiger partial charge in [0.1, 0.15) is 5.56 Å². The summed E-state index contributed by atoms with van der Waals surface area (Å²) in [6.45, 7) is 0. The summed E-state index contributed by atoms with van der Waals surface area (Å²) in [6.07, 6.45) is 2.02. The molecule has 3 aromatic heterocycles. The van der Waals surface area contributed by atoms with Crippen LogP contribution in [0.4, 0.5) is 5.69 Å². The Hall–Kier alpha value is -2.90. The van der Waals surface area contributed by atoms with Crippen molar-refractivity contribution >= 4 is 40.2 Å². The van der Waals surface area contributed by atoms with Gasteiger partial charge in [-0.25, -0.2) is 9.50 Å². The van der Waals surface area contributed by atoms with Crippen LogP contribution in [-0.4, -0.2) is 20.5 Å². The number of hydrogen-bond donors (Lipinski definition) is 2. The Bertz CT molecular complexity index is 1130. The van der Waals surface area contributed by atoms with Crippen LogP contribution in [0.5, 0.6) is 0 Å². The predicted octanol–water partition coefficient (Wildman–Crippen LogP) is 3.58. The largest absolute Gasteiger partial charge is 0.322 e. The van der Waals surface area contributed by atoms with E-state index in [9.17, 15) is 9.59 Å². The van der Waals surface area contributed by atoms with Gasteiger partial charge in [-0.2, -0.15) is 11.3 Å². The van der Waals surface area contributed by atoms with E-state index >= 15 is 0 Å². The van der Waals surface area contributed by atoms with E-state index in [1.54, 1.807) is 35.6 Å². The summed E-state index contributed by atoms with van der Waals surface area (Å²) >= 11 is 7.44. The highest BCUT2D eigenvalue weighted by Gasteiger charge is 2.16. The predicted molar refractivity (Wildman–Crippen MR) is 102 cm³/mol. The molecule has 0 aliphatic heterocycles. The number of nitrogens with one attached hydrogen (secondary N) is 2. The van der Waals surface area contributed by atoms with Crippen LogP contribution in [-0.2, 0) is 6.42 Å². The van der Waals surface area contributed by atoms with E-state index in [4.69, 9.17) is 11.6 Å². The lowest BCUT2D eigenvalue weighted by Gasteiger charge is -2.05. The Morgan fingerprint density at radius 2 is 2.08 bits per heavy atom. The molecule has 3 heterocycles. The smallest absolute Gasteiger partial charge is 0.272 e. The van der Waals surface area contributed by atoms with E-state index in [1.165, 1.54) is 16.8 Å². The molecular formula is C18H13ClN4O2S. The molecule has 130 valence electrons. The van der Waals surface area contributed by atoms with E-state index in [2.05, 4.69) is 15.4 Å². The highest BCUT2D eigenvalue weighted by Crippen LogP contribution is 2.16. The van der Waals surface area contributed by atoms with E-state index < -0.39 is 0 Å². The minimum absolute atomic E-state index is 0.259. The monoisotopic (exact) mass is 384 g/mol. The molecule has 0 aliphatic carbocycles. The van der Waals surface area contributed by atoms with E-state index in [0.29, 0.717) is 34.0 Å². The molecule has 6 nitrogen and oxygen atoms in total. The van der Waals surface area contributed by atoms with Crippen LogP contribution in [0.1, 0.15) is 21.6 Å². The van der Waals surface area contributed by atoms with Crippen molar-refractivity contribution in [2.75, 3.05) is 5.32 Å². The first-order valence-corrected chi connectivity index (χ1v) is 9.10. The summed E-state index contributed by atoms with van der Waals surface area (Å²) in [6, 6.07) is 10.2. The molecule has 4 rings (SSSR count). The molecule has 2 N–H and O–H groups in total. The fourth-order valence-electron chi connectivity index (χ4n) is 2.62. The zero-order chi connectivity index (χ0) is 18.1. The van der Waals surface area contributed by atoms with Crippen molar-refractivity contribution in [1.82, 2.24) is 14.6 Å². The van der Waals surface area contributed by atoms with Gasteiger partial charge in [0.15, 0.2) is 5.65 Å². The average molecular weight is 385 g/mol. The van der Waals surface area contributed by atoms with Crippen LogP contribution in [0, 0.1) is 0 Å². The van der Waals surface area contributed by atoms with Gasteiger partial charge in [-0.05, 0) is 46.7 Å². The van der Waals surface area contributed by atoms with Crippen LogP contribution in [0.3, 0.4) is 0 Å². The van der Waals surface area contributed by atoms with Crippen molar-refractivity contribution in [3.05, 3.63) is 85.6 Å². The van der Waals surface area contributed by atoms with Gasteiger partial charge in [-0.3, -0.25) is 14.7 Å². The zero-order valence-electron chi connectivity index (χ0n) is 13.4. The van der Waals surface area contributed by atoms with Crippen LogP contribution < -0.4 is 10.9 Å². The van der Waals surface area contributed by atoms with Crippen molar-refractivity contribution < 1.29 is 4.79 Å². The first-order valence-electron chi connectivity index (χ1n) is 7.78. The van der Waals surface area contributed by atoms with E-state index in [0.717, 1.165) is 5.56 Å². The molecule has 0 aliphatic rings. The Morgan fingerprint density at radius 1 is 1.27 bits per heavy atom. The topological polar surface area (TPSA) is 79.3 Å². The quantitative estimate of drug-likeness (QED) is 0.564. The maximum Gasteiger partial charge on any atom is 0.272 e. The number of rotatable bonds is 4. The van der Waals surface area contributed by atoms with Gasteiger partial charge in [0.25, 0.3) is 11.5 Å². The van der Waals surface area contributed by atoms with Crippen LogP contribution in [0.25, 0.3) is 5.65 Å². The standard InChI is InChI=1S/C18H13ClN4O2S/c19-12-1-3-13(4-2-12)22-18(25)15-9-20-23-16(24)8-14(21-17(15)23)7-11-5-6-26-10-11/h1-6,8-10,20H,7H2,(H,22,25). The van der Waals surface area contributed by atoms with E-state index in [-0.39, 0.29) is 11.5 Å². The number of amides is 1. The minimum Gasteiger partial charge on any atom is -0.322 e. The van der Waals surface area contributed by atoms with Gasteiger partial charge in [0, 0.05) is 29.4 Å². The van der Waals surface area contributed by atoms with Gasteiger partial charge in [-0.1, -0.05) is 11.6 Å². The Labute approximate surface area is 157 Å². The van der Waals surface area contributed by atoms with Gasteiger partial charge in [0.2, 0.25) is 0 Å². The Kier molecular flexibility index (Phi) is 4.32. The average Bonchev–Trinajstić information content (AvgIpc) is 3.27. The van der Waals surface area contributed by atoms with Gasteiger partial charge in [-0.15, -0.1) is 0 Å². The van der Waals surface area contributed by atoms with Crippen molar-refractivity contribution in [1.29, 1.82) is 0 Å². The normalized spacial score (nSPS) is 11.0. The van der Waals surface area contributed by atoms with E-state index in [1.807, 2.05) is 16.8 Å². The zero-order valence-corrected chi connectivity index (χ0v) is 15.0. The molecule has 0 atom stereocenters. The number of benzene rings is 1. The van der Waals surface area contributed by atoms with Crippen molar-refractivity contribution in [2.45, 2.75) is 6.42 Å². The summed E-state index contributed by atoms with van der Waals surface area (Å²) in [5.74, 6) is -0.356. The highest BCUT2D eigenvalue weighted by atomic mass is 35.5. The molecule has 0 bridgehead atoms. The Balaban J connectivity index is 1.68. The third kappa shape index (κ3) is 3.26. The third-order valence-electron chi connectivity index (χ3n) is 3.86. The fourth-order valence-corrected chi connectivity index (χ4v) is 3.42. The fraction of sp³-hybridized carbons (Fsp3) is 0.0556. The molecule has 0 fully saturated rings. The number of aromatic nitrogens is 3. The second-order valence-electron chi connectivity index (χ2n) is 5.70. The Morgan fingerprint density at radius 3 is 2.81 bits per heavy atom. The molecule has 26 heavy (non-hydrogen) atoms. The third-order valence-corrected chi connectivity index (χ3v) is 4.85. The maximum atomic E-state index is 12.6. The molecule has 0 saturated carbocycles. The van der Waals surface area contributed by atoms with Crippen molar-refractivity contribution in [3.8, 4) is 0 Å². The number of aromatic amines is 1. The first kappa shape index (κ1) is 16.6. The number of nitrogens with zero attached hydrogens (tertiary/aromatic N) is 2. The van der Waals surface area contributed by atoms with Crippen LogP contribution >= 0.6 is 22.9 Å². The number of anilines is 1. The summed E-state index contributed by atoms with van der Waals surface area (Å²) in [5.41, 5.74) is 2.64. The van der Waals surface area contributed by atoms with Crippen molar-refractivity contribution in [3.63, 3.8) is 0 Å². The molecule has 1 amide bonds. The number of carbonyl (C=O) groups excluding carboxylic acids is 1. The number of fused-ring (bicyclic) bond motifs is 1. The van der Waals surface area contributed by atoms with Gasteiger partial charge < -0.3 is 5.32 Å². The summed E-state index contributed by atoms with van der Waals surface area (Å²) in [7, 11) is 0. The lowest BCUT2D eigenvalue weighted by molar-refractivity contribution is 0.102. The van der Waals surface area contributed by atoms with Crippen LogP contribution in [0.2, 0.25) is 5.02 Å². The molecule has 4 aromatic rings. The maximum absolute atomic E-state index is 12.6. The molecule has 0 spiro atoms. The highest BCUT2D eigenvalue weighted by molar-refractivity contribution is 7.07. The number of H-pyrrole nitrogens is 1. The summed E-state index contributed by atoms with van der Waals surface area (Å²) in [4.78, 5) is 29.4. The number of thiophene rings is 1. The second kappa shape index (κ2) is 6.78. The minimum atomic E-state index is -0.356. The summed E-state index contributed by atoms with van der Waals surface area (Å²) in [5, 5.41) is 10.1. The summed E-state index contributed by atoms with van der Waals surface area (Å²) < 4.78 is 1.26. The lowest BCUT2D eigenvalue weighted by Crippen LogP contribution is -2.17. The van der Waals surface area contributed by atoms with Gasteiger partial charge in [0.05, 0.1) is 5.69 Å². The molecule has 1 aromatic carbocycles. The van der Waals surface area contributed by atoms with Crippen molar-refractivity contribution in [2.24, 2.45) is 0 Å². The molecule has 0 radical (unpaired) electrons. The number of carbonyl (C=O) groups is 1. The molecule has 0 saturated heterocycles. The number of hydrogen-bond acceptors (Lipinski definition) is 4. The second-order valence-corrected chi connectivity index (χ2v) is 6.92. The number of halogens is 1. The van der Waals surface area contributed by atoms with Crippen LogP contribution in [0.15, 0.2) is 58.1 Å². The SMILES string of the molecule is O=C(Nc1ccc(Cl)cc1)c1c[nH]n2c(=O)cc(Cc3ccsc3)nc12. The first-order chi connectivity index (χ1) is 12.6. The molecular weight excluding hydrogens is 372 g/mol. The lowest BCUT2D eigenvalue weighted by atomic mass is 10.2. The van der Waals surface area contributed by atoms with Gasteiger partial charge >= 0.3 is 0 Å². The molecule has 0 unspecified atom stereocenters.